The van der Waals surface area contributed by atoms with Crippen molar-refractivity contribution in [2.45, 2.75) is 59.5 Å². The molecule has 1 unspecified atom stereocenters. The summed E-state index contributed by atoms with van der Waals surface area (Å²) in [6, 6.07) is -0.996. The van der Waals surface area contributed by atoms with E-state index in [-0.39, 0.29) is 17.7 Å². The van der Waals surface area contributed by atoms with Gasteiger partial charge in [-0.25, -0.2) is 0 Å². The standard InChI is InChI=1S/C13H26N2O3/c1-8(2)6-9(14)12(18)15-10(7-11(16)17)13(3,4)5/h8-10H,6-7,14H2,1-5H3,(H,15,18)(H,16,17)/t9-,10?/m0/s1. The van der Waals surface area contributed by atoms with Crippen LogP contribution in [0.1, 0.15) is 47.5 Å². The number of hydrogen-bond donors (Lipinski definition) is 3. The monoisotopic (exact) mass is 258 g/mol. The molecule has 0 saturated carbocycles. The molecule has 0 aromatic rings. The fraction of sp³-hybridized carbons (Fsp3) is 0.846. The quantitative estimate of drug-likeness (QED) is 0.671. The first kappa shape index (κ1) is 16.9. The molecule has 0 radical (unpaired) electrons. The number of nitrogens with two attached hydrogens (primary N) is 1. The molecule has 0 aliphatic carbocycles. The number of carbonyl (C=O) groups is 2. The van der Waals surface area contributed by atoms with E-state index in [2.05, 4.69) is 5.32 Å². The van der Waals surface area contributed by atoms with E-state index in [1.165, 1.54) is 0 Å². The number of hydrogen-bond acceptors (Lipinski definition) is 3. The van der Waals surface area contributed by atoms with Gasteiger partial charge < -0.3 is 16.2 Å². The highest BCUT2D eigenvalue weighted by Gasteiger charge is 2.29. The summed E-state index contributed by atoms with van der Waals surface area (Å²) in [5.74, 6) is -0.865. The van der Waals surface area contributed by atoms with E-state index in [0.29, 0.717) is 12.3 Å². The molecule has 0 spiro atoms. The molecule has 0 heterocycles. The molecule has 0 saturated heterocycles. The van der Waals surface area contributed by atoms with Gasteiger partial charge in [0.25, 0.3) is 0 Å². The number of carboxylic acids is 1. The van der Waals surface area contributed by atoms with Gasteiger partial charge in [-0.3, -0.25) is 9.59 Å². The smallest absolute Gasteiger partial charge is 0.305 e. The third-order valence-corrected chi connectivity index (χ3v) is 2.80. The summed E-state index contributed by atoms with van der Waals surface area (Å²) in [6.45, 7) is 9.68. The van der Waals surface area contributed by atoms with Crippen molar-refractivity contribution in [3.63, 3.8) is 0 Å². The van der Waals surface area contributed by atoms with E-state index in [4.69, 9.17) is 10.8 Å². The fourth-order valence-corrected chi connectivity index (χ4v) is 1.64. The molecule has 5 heteroatoms. The van der Waals surface area contributed by atoms with E-state index in [1.807, 2.05) is 34.6 Å². The Labute approximate surface area is 109 Å². The maximum atomic E-state index is 11.9. The van der Waals surface area contributed by atoms with E-state index in [9.17, 15) is 9.59 Å². The molecule has 18 heavy (non-hydrogen) atoms. The average Bonchev–Trinajstić information content (AvgIpc) is 2.13. The van der Waals surface area contributed by atoms with Crippen LogP contribution in [-0.2, 0) is 9.59 Å². The van der Waals surface area contributed by atoms with Crippen molar-refractivity contribution in [2.75, 3.05) is 0 Å². The Morgan fingerprint density at radius 3 is 2.11 bits per heavy atom. The van der Waals surface area contributed by atoms with Gasteiger partial charge in [0.1, 0.15) is 0 Å². The van der Waals surface area contributed by atoms with E-state index in [0.717, 1.165) is 0 Å². The molecule has 0 aliphatic heterocycles. The zero-order valence-corrected chi connectivity index (χ0v) is 12.0. The fourth-order valence-electron chi connectivity index (χ4n) is 1.64. The van der Waals surface area contributed by atoms with Crippen molar-refractivity contribution in [2.24, 2.45) is 17.1 Å². The van der Waals surface area contributed by atoms with Crippen molar-refractivity contribution >= 4 is 11.9 Å². The summed E-state index contributed by atoms with van der Waals surface area (Å²) in [5, 5.41) is 11.6. The third kappa shape index (κ3) is 6.59. The van der Waals surface area contributed by atoms with Gasteiger partial charge in [-0.1, -0.05) is 34.6 Å². The van der Waals surface area contributed by atoms with Gasteiger partial charge in [-0.15, -0.1) is 0 Å². The Morgan fingerprint density at radius 2 is 1.78 bits per heavy atom. The zero-order chi connectivity index (χ0) is 14.5. The van der Waals surface area contributed by atoms with Crippen LogP contribution in [0.2, 0.25) is 0 Å². The van der Waals surface area contributed by atoms with Crippen LogP contribution in [0, 0.1) is 11.3 Å². The predicted molar refractivity (Wildman–Crippen MR) is 71.1 cm³/mol. The summed E-state index contributed by atoms with van der Waals surface area (Å²) in [4.78, 5) is 22.7. The van der Waals surface area contributed by atoms with Gasteiger partial charge in [0.05, 0.1) is 12.5 Å². The Hall–Kier alpha value is -1.10. The maximum absolute atomic E-state index is 11.9. The SMILES string of the molecule is CC(C)C[C@H](N)C(=O)NC(CC(=O)O)C(C)(C)C. The second-order valence-electron chi connectivity index (χ2n) is 6.26. The Balaban J connectivity index is 4.58. The molecule has 0 rings (SSSR count). The van der Waals surface area contributed by atoms with Gasteiger partial charge in [-0.05, 0) is 17.8 Å². The predicted octanol–water partition coefficient (Wildman–Crippen LogP) is 1.37. The zero-order valence-electron chi connectivity index (χ0n) is 12.0. The van der Waals surface area contributed by atoms with Gasteiger partial charge in [0.2, 0.25) is 5.91 Å². The highest BCUT2D eigenvalue weighted by molar-refractivity contribution is 5.82. The number of carbonyl (C=O) groups excluding carboxylic acids is 1. The van der Waals surface area contributed by atoms with Crippen LogP contribution in [0.25, 0.3) is 0 Å². The normalized spacial score (nSPS) is 15.3. The lowest BCUT2D eigenvalue weighted by atomic mass is 9.84. The molecule has 1 amide bonds. The number of rotatable bonds is 6. The molecule has 0 aromatic carbocycles. The van der Waals surface area contributed by atoms with Crippen LogP contribution in [0.3, 0.4) is 0 Å². The van der Waals surface area contributed by atoms with E-state index >= 15 is 0 Å². The first-order chi connectivity index (χ1) is 8.04. The number of amides is 1. The Bertz CT molecular complexity index is 295. The lowest BCUT2D eigenvalue weighted by Crippen LogP contribution is -2.51. The van der Waals surface area contributed by atoms with Crippen molar-refractivity contribution in [1.82, 2.24) is 5.32 Å². The molecule has 5 nitrogen and oxygen atoms in total. The highest BCUT2D eigenvalue weighted by atomic mass is 16.4. The van der Waals surface area contributed by atoms with E-state index < -0.39 is 18.1 Å². The molecule has 0 aromatic heterocycles. The van der Waals surface area contributed by atoms with E-state index in [1.54, 1.807) is 0 Å². The minimum Gasteiger partial charge on any atom is -0.481 e. The summed E-state index contributed by atoms with van der Waals surface area (Å²) >= 11 is 0. The second-order valence-corrected chi connectivity index (χ2v) is 6.26. The van der Waals surface area contributed by atoms with Crippen LogP contribution in [0.4, 0.5) is 0 Å². The first-order valence-electron chi connectivity index (χ1n) is 6.31. The summed E-state index contributed by atoms with van der Waals surface area (Å²) in [6.07, 6.45) is 0.499. The van der Waals surface area contributed by atoms with Gasteiger partial charge in [0, 0.05) is 6.04 Å². The van der Waals surface area contributed by atoms with Crippen molar-refractivity contribution in [3.8, 4) is 0 Å². The summed E-state index contributed by atoms with van der Waals surface area (Å²) in [5.41, 5.74) is 5.47. The first-order valence-corrected chi connectivity index (χ1v) is 6.31. The second kappa shape index (κ2) is 6.73. The number of nitrogens with one attached hydrogen (secondary N) is 1. The van der Waals surface area contributed by atoms with Crippen LogP contribution in [0.15, 0.2) is 0 Å². The highest BCUT2D eigenvalue weighted by Crippen LogP contribution is 2.22. The number of aliphatic carboxylic acids is 1. The van der Waals surface area contributed by atoms with Crippen LogP contribution < -0.4 is 11.1 Å². The Kier molecular flexibility index (Phi) is 6.32. The molecule has 106 valence electrons. The van der Waals surface area contributed by atoms with Gasteiger partial charge in [0.15, 0.2) is 0 Å². The van der Waals surface area contributed by atoms with Crippen molar-refractivity contribution in [3.05, 3.63) is 0 Å². The molecule has 0 fully saturated rings. The van der Waals surface area contributed by atoms with Gasteiger partial charge >= 0.3 is 5.97 Å². The minimum atomic E-state index is -0.923. The summed E-state index contributed by atoms with van der Waals surface area (Å²) < 4.78 is 0. The Morgan fingerprint density at radius 1 is 1.28 bits per heavy atom. The third-order valence-electron chi connectivity index (χ3n) is 2.80. The average molecular weight is 258 g/mol. The minimum absolute atomic E-state index is 0.0936. The van der Waals surface area contributed by atoms with Crippen molar-refractivity contribution in [1.29, 1.82) is 0 Å². The lowest BCUT2D eigenvalue weighted by molar-refractivity contribution is -0.138. The molecule has 0 bridgehead atoms. The van der Waals surface area contributed by atoms with Crippen LogP contribution >= 0.6 is 0 Å². The molecule has 2 atom stereocenters. The van der Waals surface area contributed by atoms with Crippen LogP contribution in [-0.4, -0.2) is 29.1 Å². The molecule has 4 N–H and O–H groups in total. The molecular weight excluding hydrogens is 232 g/mol. The van der Waals surface area contributed by atoms with Gasteiger partial charge in [-0.2, -0.15) is 0 Å². The van der Waals surface area contributed by atoms with Crippen molar-refractivity contribution < 1.29 is 14.7 Å². The lowest BCUT2D eigenvalue weighted by Gasteiger charge is -2.31. The molecule has 0 aliphatic rings. The number of carboxylic acid groups (broad SMARTS) is 1. The molecular formula is C13H26N2O3. The largest absolute Gasteiger partial charge is 0.481 e. The maximum Gasteiger partial charge on any atom is 0.305 e. The summed E-state index contributed by atoms with van der Waals surface area (Å²) in [7, 11) is 0. The topological polar surface area (TPSA) is 92.4 Å². The van der Waals surface area contributed by atoms with Crippen LogP contribution in [0.5, 0.6) is 0 Å².